The van der Waals surface area contributed by atoms with Crippen LogP contribution >= 0.6 is 0 Å². The molecule has 202 valence electrons. The molecule has 1 aliphatic carbocycles. The summed E-state index contributed by atoms with van der Waals surface area (Å²) >= 11 is 0. The van der Waals surface area contributed by atoms with E-state index in [1.807, 2.05) is 44.9 Å². The standard InChI is InChI=1S/C28H41N5O4/c1-5-36-25(34)33-19-28(20-33)10-8-22(17-28)30-13-15-31(16-14-30)24-23(7-6-11-29-24)21-9-12-32(18-21)26(35)37-27(2,3)4/h6-7,9,11,22H,5,8,10,12-20H2,1-4H3/t22-/m1/s1. The SMILES string of the molecule is CCOC(=O)N1CC2(CC[C@@H](N3CCN(c4ncccc4C4=CCN(C(=O)OC(C)(C)C)C4)CC3)C2)C1. The van der Waals surface area contributed by atoms with Gasteiger partial charge in [0.1, 0.15) is 11.4 Å². The van der Waals surface area contributed by atoms with E-state index in [1.165, 1.54) is 19.3 Å². The van der Waals surface area contributed by atoms with Gasteiger partial charge in [0.05, 0.1) is 6.61 Å². The maximum Gasteiger partial charge on any atom is 0.410 e. The van der Waals surface area contributed by atoms with Crippen molar-refractivity contribution in [3.05, 3.63) is 30.0 Å². The molecule has 2 amide bonds. The number of amides is 2. The number of carbonyl (C=O) groups excluding carboxylic acids is 2. The van der Waals surface area contributed by atoms with Crippen molar-refractivity contribution in [2.75, 3.05) is 63.9 Å². The second-order valence-electron chi connectivity index (χ2n) is 11.9. The summed E-state index contributed by atoms with van der Waals surface area (Å²) in [4.78, 5) is 37.9. The number of rotatable bonds is 4. The third kappa shape index (κ3) is 5.56. The fraction of sp³-hybridized carbons (Fsp3) is 0.679. The molecule has 1 aromatic rings. The van der Waals surface area contributed by atoms with E-state index in [4.69, 9.17) is 14.5 Å². The molecule has 1 spiro atoms. The quantitative estimate of drug-likeness (QED) is 0.608. The van der Waals surface area contributed by atoms with Crippen LogP contribution in [-0.4, -0.2) is 102 Å². The Bertz CT molecular complexity index is 1040. The highest BCUT2D eigenvalue weighted by Gasteiger charge is 2.51. The number of piperazine rings is 1. The molecule has 3 aliphatic heterocycles. The van der Waals surface area contributed by atoms with Crippen molar-refractivity contribution in [3.8, 4) is 0 Å². The van der Waals surface area contributed by atoms with Gasteiger partial charge in [-0.3, -0.25) is 4.90 Å². The van der Waals surface area contributed by atoms with Crippen LogP contribution < -0.4 is 4.90 Å². The Kier molecular flexibility index (Phi) is 7.09. The van der Waals surface area contributed by atoms with Gasteiger partial charge in [-0.2, -0.15) is 0 Å². The highest BCUT2D eigenvalue weighted by atomic mass is 16.6. The van der Waals surface area contributed by atoms with Crippen molar-refractivity contribution in [2.24, 2.45) is 5.41 Å². The van der Waals surface area contributed by atoms with Gasteiger partial charge >= 0.3 is 12.2 Å². The predicted molar refractivity (Wildman–Crippen MR) is 142 cm³/mol. The zero-order valence-corrected chi connectivity index (χ0v) is 22.7. The van der Waals surface area contributed by atoms with E-state index in [0.717, 1.165) is 56.2 Å². The Labute approximate surface area is 220 Å². The average molecular weight is 512 g/mol. The van der Waals surface area contributed by atoms with E-state index in [0.29, 0.717) is 25.7 Å². The van der Waals surface area contributed by atoms with Crippen LogP contribution in [0.1, 0.15) is 52.5 Å². The minimum atomic E-state index is -0.503. The van der Waals surface area contributed by atoms with E-state index < -0.39 is 5.60 Å². The summed E-state index contributed by atoms with van der Waals surface area (Å²) in [7, 11) is 0. The number of pyridine rings is 1. The molecule has 4 aliphatic rings. The third-order valence-electron chi connectivity index (χ3n) is 8.09. The van der Waals surface area contributed by atoms with Crippen LogP contribution in [0, 0.1) is 5.41 Å². The topological polar surface area (TPSA) is 78.5 Å². The van der Waals surface area contributed by atoms with Gasteiger partial charge in [0, 0.05) is 75.6 Å². The Morgan fingerprint density at radius 3 is 2.57 bits per heavy atom. The molecule has 9 heteroatoms. The number of likely N-dealkylation sites (tertiary alicyclic amines) is 1. The van der Waals surface area contributed by atoms with Gasteiger partial charge in [-0.1, -0.05) is 6.08 Å². The van der Waals surface area contributed by atoms with Gasteiger partial charge in [0.25, 0.3) is 0 Å². The van der Waals surface area contributed by atoms with Crippen molar-refractivity contribution in [3.63, 3.8) is 0 Å². The molecule has 4 heterocycles. The Morgan fingerprint density at radius 2 is 1.86 bits per heavy atom. The van der Waals surface area contributed by atoms with E-state index in [-0.39, 0.29) is 17.6 Å². The molecule has 37 heavy (non-hydrogen) atoms. The minimum Gasteiger partial charge on any atom is -0.450 e. The zero-order chi connectivity index (χ0) is 26.2. The number of hydrogen-bond acceptors (Lipinski definition) is 7. The summed E-state index contributed by atoms with van der Waals surface area (Å²) < 4.78 is 10.7. The molecule has 5 rings (SSSR count). The summed E-state index contributed by atoms with van der Waals surface area (Å²) in [5.74, 6) is 1.01. The third-order valence-corrected chi connectivity index (χ3v) is 8.09. The molecule has 0 aromatic carbocycles. The summed E-state index contributed by atoms with van der Waals surface area (Å²) in [6.45, 7) is 14.7. The first kappa shape index (κ1) is 25.8. The van der Waals surface area contributed by atoms with E-state index in [9.17, 15) is 9.59 Å². The Balaban J connectivity index is 1.15. The lowest BCUT2D eigenvalue weighted by Crippen LogP contribution is -2.58. The Hall–Kier alpha value is -2.81. The second-order valence-corrected chi connectivity index (χ2v) is 11.9. The van der Waals surface area contributed by atoms with E-state index in [2.05, 4.69) is 21.9 Å². The van der Waals surface area contributed by atoms with Crippen molar-refractivity contribution in [1.29, 1.82) is 0 Å². The summed E-state index contributed by atoms with van der Waals surface area (Å²) in [5.41, 5.74) is 2.02. The lowest BCUT2D eigenvalue weighted by molar-refractivity contribution is -0.00295. The normalized spacial score (nSPS) is 23.7. The van der Waals surface area contributed by atoms with E-state index >= 15 is 0 Å². The number of nitrogens with zero attached hydrogens (tertiary/aromatic N) is 5. The van der Waals surface area contributed by atoms with Crippen LogP contribution in [0.2, 0.25) is 0 Å². The monoisotopic (exact) mass is 511 g/mol. The van der Waals surface area contributed by atoms with Crippen LogP contribution in [0.4, 0.5) is 15.4 Å². The Morgan fingerprint density at radius 1 is 1.11 bits per heavy atom. The molecular weight excluding hydrogens is 470 g/mol. The predicted octanol–water partition coefficient (Wildman–Crippen LogP) is 3.85. The average Bonchev–Trinajstić information content (AvgIpc) is 3.51. The molecule has 0 radical (unpaired) electrons. The first-order chi connectivity index (χ1) is 17.7. The molecule has 9 nitrogen and oxygen atoms in total. The van der Waals surface area contributed by atoms with Gasteiger partial charge in [0.15, 0.2) is 0 Å². The lowest BCUT2D eigenvalue weighted by Gasteiger charge is -2.48. The highest BCUT2D eigenvalue weighted by molar-refractivity contribution is 5.81. The van der Waals surface area contributed by atoms with Crippen LogP contribution in [-0.2, 0) is 9.47 Å². The lowest BCUT2D eigenvalue weighted by atomic mass is 9.78. The second kappa shape index (κ2) is 10.2. The zero-order valence-electron chi connectivity index (χ0n) is 22.7. The van der Waals surface area contributed by atoms with Gasteiger partial charge in [-0.25, -0.2) is 14.6 Å². The fourth-order valence-electron chi connectivity index (χ4n) is 6.30. The van der Waals surface area contributed by atoms with E-state index in [1.54, 1.807) is 4.90 Å². The molecular formula is C28H41N5O4. The highest BCUT2D eigenvalue weighted by Crippen LogP contribution is 2.47. The molecule has 2 saturated heterocycles. The van der Waals surface area contributed by atoms with Crippen LogP contribution in [0.15, 0.2) is 24.4 Å². The summed E-state index contributed by atoms with van der Waals surface area (Å²) in [6.07, 6.45) is 7.12. The molecule has 1 atom stereocenters. The van der Waals surface area contributed by atoms with Crippen molar-refractivity contribution in [2.45, 2.75) is 58.6 Å². The van der Waals surface area contributed by atoms with Crippen LogP contribution in [0.5, 0.6) is 0 Å². The van der Waals surface area contributed by atoms with Gasteiger partial charge in [0.2, 0.25) is 0 Å². The molecule has 3 fully saturated rings. The molecule has 1 aromatic heterocycles. The van der Waals surface area contributed by atoms with Crippen molar-refractivity contribution >= 4 is 23.6 Å². The smallest absolute Gasteiger partial charge is 0.410 e. The summed E-state index contributed by atoms with van der Waals surface area (Å²) in [5, 5.41) is 0. The van der Waals surface area contributed by atoms with Crippen LogP contribution in [0.3, 0.4) is 0 Å². The number of aromatic nitrogens is 1. The maximum absolute atomic E-state index is 12.6. The minimum absolute atomic E-state index is 0.164. The number of anilines is 1. The molecule has 0 bridgehead atoms. The van der Waals surface area contributed by atoms with Gasteiger partial charge in [-0.05, 0) is 64.7 Å². The van der Waals surface area contributed by atoms with Gasteiger partial charge < -0.3 is 24.2 Å². The first-order valence-corrected chi connectivity index (χ1v) is 13.7. The first-order valence-electron chi connectivity index (χ1n) is 13.7. The number of hydrogen-bond donors (Lipinski definition) is 0. The van der Waals surface area contributed by atoms with Crippen molar-refractivity contribution in [1.82, 2.24) is 19.7 Å². The van der Waals surface area contributed by atoms with Gasteiger partial charge in [-0.15, -0.1) is 0 Å². The van der Waals surface area contributed by atoms with Crippen molar-refractivity contribution < 1.29 is 19.1 Å². The molecule has 0 unspecified atom stereocenters. The molecule has 1 saturated carbocycles. The number of carbonyl (C=O) groups is 2. The molecule has 0 N–H and O–H groups in total. The fourth-order valence-corrected chi connectivity index (χ4v) is 6.30. The maximum atomic E-state index is 12.6. The largest absolute Gasteiger partial charge is 0.450 e. The summed E-state index contributed by atoms with van der Waals surface area (Å²) in [6, 6.07) is 4.68. The van der Waals surface area contributed by atoms with Crippen LogP contribution in [0.25, 0.3) is 5.57 Å². The number of ether oxygens (including phenoxy) is 2.